The molecular weight excluding hydrogens is 522 g/mol. The molecule has 0 amide bonds. The van der Waals surface area contributed by atoms with Gasteiger partial charge in [-0.15, -0.1) is 0 Å². The van der Waals surface area contributed by atoms with Gasteiger partial charge in [0.05, 0.1) is 0 Å². The van der Waals surface area contributed by atoms with Crippen LogP contribution in [0.4, 0.5) is 11.4 Å². The molecule has 37 heavy (non-hydrogen) atoms. The molecule has 0 fully saturated rings. The van der Waals surface area contributed by atoms with Crippen molar-refractivity contribution in [2.75, 3.05) is 4.90 Å². The van der Waals surface area contributed by atoms with Crippen molar-refractivity contribution in [1.29, 1.82) is 5.26 Å². The fourth-order valence-corrected chi connectivity index (χ4v) is 8.73. The van der Waals surface area contributed by atoms with Crippen LogP contribution in [0.25, 0.3) is 0 Å². The second kappa shape index (κ2) is 8.05. The van der Waals surface area contributed by atoms with Gasteiger partial charge in [-0.25, -0.2) is 0 Å². The van der Waals surface area contributed by atoms with Gasteiger partial charge in [0.15, 0.2) is 0 Å². The van der Waals surface area contributed by atoms with Crippen molar-refractivity contribution < 1.29 is 9.47 Å². The first-order chi connectivity index (χ1) is 18.3. The zero-order valence-electron chi connectivity index (χ0n) is 20.0. The number of rotatable bonds is 1. The molecule has 0 saturated carbocycles. The second-order valence-electron chi connectivity index (χ2n) is 9.88. The molecule has 3 heterocycles. The molecule has 6 heteroatoms. The van der Waals surface area contributed by atoms with E-state index in [1.807, 2.05) is 24.3 Å². The van der Waals surface area contributed by atoms with Crippen molar-refractivity contribution in [2.24, 2.45) is 0 Å². The number of nitrogens with zero attached hydrogens (tertiary/aromatic N) is 2. The molecular formula is C31H21BN2O2Se. The van der Waals surface area contributed by atoms with E-state index in [2.05, 4.69) is 65.6 Å². The maximum atomic E-state index is 9.68. The standard InChI is InChI=1S/C31H21BN2O2Se/c33-18-19-15-27-31-28(16-19)36-26-17-20(13-14-22(26)32(31)21-7-1-4-10-25(21)35-27)34-23-8-2-5-11-29(23)37-30-12-6-3-9-24(30)34/h1-2,4-5,7-8,10-11,13-17H,3,6,9,12H2. The average Bonchev–Trinajstić information content (AvgIpc) is 2.95. The van der Waals surface area contributed by atoms with Crippen LogP contribution in [0.1, 0.15) is 31.2 Å². The van der Waals surface area contributed by atoms with E-state index < -0.39 is 0 Å². The first-order valence-corrected chi connectivity index (χ1v) is 14.5. The van der Waals surface area contributed by atoms with Crippen molar-refractivity contribution in [3.63, 3.8) is 0 Å². The molecule has 1 aliphatic carbocycles. The van der Waals surface area contributed by atoms with Crippen LogP contribution in [0.2, 0.25) is 0 Å². The van der Waals surface area contributed by atoms with Crippen LogP contribution in [-0.2, 0) is 0 Å². The first-order valence-electron chi connectivity index (χ1n) is 12.7. The third-order valence-corrected chi connectivity index (χ3v) is 10.4. The first kappa shape index (κ1) is 21.2. The third kappa shape index (κ3) is 3.15. The number of anilines is 2. The summed E-state index contributed by atoms with van der Waals surface area (Å²) < 4.78 is 15.9. The van der Waals surface area contributed by atoms with E-state index in [0.29, 0.717) is 32.0 Å². The average molecular weight is 543 g/mol. The molecule has 0 saturated heterocycles. The molecule has 4 aromatic carbocycles. The summed E-state index contributed by atoms with van der Waals surface area (Å²) in [5, 5.41) is 9.68. The van der Waals surface area contributed by atoms with Crippen LogP contribution in [0.5, 0.6) is 23.0 Å². The quantitative estimate of drug-likeness (QED) is 0.286. The molecule has 0 atom stereocenters. The number of para-hydroxylation sites is 2. The Bertz CT molecular complexity index is 1710. The molecule has 0 unspecified atom stereocenters. The van der Waals surface area contributed by atoms with E-state index >= 15 is 0 Å². The Morgan fingerprint density at radius 2 is 1.54 bits per heavy atom. The number of ether oxygens (including phenoxy) is 2. The molecule has 0 N–H and O–H groups in total. The zero-order valence-corrected chi connectivity index (χ0v) is 21.7. The summed E-state index contributed by atoms with van der Waals surface area (Å²) in [6, 6.07) is 29.7. The van der Waals surface area contributed by atoms with Crippen molar-refractivity contribution in [2.45, 2.75) is 25.7 Å². The molecule has 4 aromatic rings. The summed E-state index contributed by atoms with van der Waals surface area (Å²) in [6.45, 7) is 0.00178. The number of hydrogen-bond donors (Lipinski definition) is 0. The Kier molecular flexibility index (Phi) is 4.61. The Balaban J connectivity index is 1.32. The predicted octanol–water partition coefficient (Wildman–Crippen LogP) is 4.55. The molecule has 4 nitrogen and oxygen atoms in total. The molecule has 0 radical (unpaired) electrons. The second-order valence-corrected chi connectivity index (χ2v) is 12.3. The van der Waals surface area contributed by atoms with Gasteiger partial charge in [-0.05, 0) is 0 Å². The number of fused-ring (bicyclic) bond motifs is 5. The monoisotopic (exact) mass is 544 g/mol. The molecule has 0 spiro atoms. The Morgan fingerprint density at radius 1 is 0.784 bits per heavy atom. The normalized spacial score (nSPS) is 16.3. The minimum absolute atomic E-state index is 0.00178. The summed E-state index contributed by atoms with van der Waals surface area (Å²) in [7, 11) is 0. The van der Waals surface area contributed by atoms with Gasteiger partial charge in [0, 0.05) is 0 Å². The summed E-state index contributed by atoms with van der Waals surface area (Å²) in [5.41, 5.74) is 7.71. The Morgan fingerprint density at radius 3 is 2.43 bits per heavy atom. The molecule has 8 rings (SSSR count). The van der Waals surface area contributed by atoms with Gasteiger partial charge in [-0.3, -0.25) is 0 Å². The van der Waals surface area contributed by atoms with E-state index in [9.17, 15) is 5.26 Å². The van der Waals surface area contributed by atoms with Gasteiger partial charge in [0.2, 0.25) is 0 Å². The van der Waals surface area contributed by atoms with Gasteiger partial charge in [0.1, 0.15) is 0 Å². The fourth-order valence-electron chi connectivity index (χ4n) is 6.14. The molecule has 0 bridgehead atoms. The molecule has 176 valence electrons. The maximum absolute atomic E-state index is 9.68. The predicted molar refractivity (Wildman–Crippen MR) is 148 cm³/mol. The van der Waals surface area contributed by atoms with E-state index in [4.69, 9.17) is 9.47 Å². The van der Waals surface area contributed by atoms with Crippen LogP contribution in [-0.4, -0.2) is 21.7 Å². The fraction of sp³-hybridized carbons (Fsp3) is 0.129. The number of nitriles is 1. The van der Waals surface area contributed by atoms with Crippen LogP contribution < -0.4 is 35.2 Å². The van der Waals surface area contributed by atoms with Crippen molar-refractivity contribution in [3.8, 4) is 29.1 Å². The molecule has 3 aliphatic heterocycles. The van der Waals surface area contributed by atoms with E-state index in [1.54, 1.807) is 4.47 Å². The number of allylic oxidation sites excluding steroid dienone is 2. The van der Waals surface area contributed by atoms with Gasteiger partial charge in [-0.2, -0.15) is 0 Å². The number of hydrogen-bond acceptors (Lipinski definition) is 4. The summed E-state index contributed by atoms with van der Waals surface area (Å²) in [5.74, 6) is 3.09. The zero-order chi connectivity index (χ0) is 24.5. The molecule has 0 aromatic heterocycles. The summed E-state index contributed by atoms with van der Waals surface area (Å²) in [4.78, 5) is 2.48. The van der Waals surface area contributed by atoms with E-state index in [0.717, 1.165) is 40.0 Å². The summed E-state index contributed by atoms with van der Waals surface area (Å²) >= 11 is 0.391. The van der Waals surface area contributed by atoms with Crippen LogP contribution in [0.3, 0.4) is 0 Å². The van der Waals surface area contributed by atoms with Gasteiger partial charge in [0.25, 0.3) is 0 Å². The van der Waals surface area contributed by atoms with Crippen molar-refractivity contribution in [1.82, 2.24) is 0 Å². The van der Waals surface area contributed by atoms with E-state index in [1.165, 1.54) is 35.1 Å². The van der Waals surface area contributed by atoms with Crippen molar-refractivity contribution in [3.05, 3.63) is 94.6 Å². The number of benzene rings is 4. The third-order valence-electron chi connectivity index (χ3n) is 7.76. The topological polar surface area (TPSA) is 45.5 Å². The van der Waals surface area contributed by atoms with Crippen LogP contribution in [0.15, 0.2) is 89.0 Å². The van der Waals surface area contributed by atoms with Crippen molar-refractivity contribution >= 4 is 53.9 Å². The SMILES string of the molecule is N#Cc1cc2c3c(c1)Oc1cc(N4C5=C(CCCC5)[Se]c5ccccc54)ccc1B3c1ccccc1O2. The minimum atomic E-state index is 0.00178. The van der Waals surface area contributed by atoms with E-state index in [-0.39, 0.29) is 6.71 Å². The molecule has 4 aliphatic rings. The van der Waals surface area contributed by atoms with Gasteiger partial charge >= 0.3 is 223 Å². The summed E-state index contributed by atoms with van der Waals surface area (Å²) in [6.07, 6.45) is 4.84. The van der Waals surface area contributed by atoms with Gasteiger partial charge in [-0.1, -0.05) is 0 Å². The Labute approximate surface area is 222 Å². The Hall–Kier alpha value is -3.91. The van der Waals surface area contributed by atoms with Gasteiger partial charge < -0.3 is 0 Å². The van der Waals surface area contributed by atoms with Crippen LogP contribution >= 0.6 is 0 Å². The van der Waals surface area contributed by atoms with Crippen LogP contribution in [0, 0.1) is 11.3 Å².